The van der Waals surface area contributed by atoms with Crippen LogP contribution in [0.25, 0.3) is 0 Å². The van der Waals surface area contributed by atoms with Gasteiger partial charge in [0.15, 0.2) is 0 Å². The van der Waals surface area contributed by atoms with E-state index in [0.29, 0.717) is 17.1 Å². The zero-order valence-corrected chi connectivity index (χ0v) is 12.6. The van der Waals surface area contributed by atoms with E-state index in [-0.39, 0.29) is 18.4 Å². The summed E-state index contributed by atoms with van der Waals surface area (Å²) in [6.07, 6.45) is 1.75. The second-order valence-electron chi connectivity index (χ2n) is 4.31. The molecule has 0 spiro atoms. The quantitative estimate of drug-likeness (QED) is 0.785. The SMILES string of the molecule is CC(CO)CCCNC(=O)c1cc(Cl)ccc1Br. The molecule has 0 heterocycles. The van der Waals surface area contributed by atoms with Gasteiger partial charge in [0.05, 0.1) is 5.56 Å². The van der Waals surface area contributed by atoms with Crippen LogP contribution in [0.2, 0.25) is 5.02 Å². The lowest BCUT2D eigenvalue weighted by molar-refractivity contribution is 0.0951. The van der Waals surface area contributed by atoms with E-state index in [2.05, 4.69) is 21.2 Å². The molecule has 3 nitrogen and oxygen atoms in total. The Morgan fingerprint density at radius 2 is 2.28 bits per heavy atom. The fraction of sp³-hybridized carbons (Fsp3) is 0.462. The number of nitrogens with one attached hydrogen (secondary N) is 1. The second kappa shape index (κ2) is 7.77. The maximum absolute atomic E-state index is 11.9. The monoisotopic (exact) mass is 333 g/mol. The first-order valence-corrected chi connectivity index (χ1v) is 7.05. The fourth-order valence-corrected chi connectivity index (χ4v) is 2.11. The van der Waals surface area contributed by atoms with Gasteiger partial charge in [-0.05, 0) is 52.9 Å². The van der Waals surface area contributed by atoms with E-state index in [4.69, 9.17) is 16.7 Å². The maximum Gasteiger partial charge on any atom is 0.252 e. The van der Waals surface area contributed by atoms with Gasteiger partial charge in [0.2, 0.25) is 0 Å². The molecule has 1 rings (SSSR count). The number of carbonyl (C=O) groups is 1. The maximum atomic E-state index is 11.9. The molecule has 1 amide bonds. The highest BCUT2D eigenvalue weighted by Crippen LogP contribution is 2.21. The molecule has 0 saturated carbocycles. The lowest BCUT2D eigenvalue weighted by Crippen LogP contribution is -2.25. The van der Waals surface area contributed by atoms with Gasteiger partial charge in [-0.25, -0.2) is 0 Å². The number of hydrogen-bond donors (Lipinski definition) is 2. The summed E-state index contributed by atoms with van der Waals surface area (Å²) >= 11 is 9.18. The summed E-state index contributed by atoms with van der Waals surface area (Å²) in [5, 5.41) is 12.3. The Morgan fingerprint density at radius 1 is 1.56 bits per heavy atom. The van der Waals surface area contributed by atoms with E-state index < -0.39 is 0 Å². The van der Waals surface area contributed by atoms with Crippen LogP contribution in [-0.4, -0.2) is 24.2 Å². The van der Waals surface area contributed by atoms with Crippen LogP contribution < -0.4 is 5.32 Å². The van der Waals surface area contributed by atoms with Crippen LogP contribution >= 0.6 is 27.5 Å². The number of amides is 1. The Morgan fingerprint density at radius 3 is 2.94 bits per heavy atom. The third-order valence-electron chi connectivity index (χ3n) is 2.64. The third kappa shape index (κ3) is 4.96. The van der Waals surface area contributed by atoms with Crippen molar-refractivity contribution in [3.8, 4) is 0 Å². The molecule has 0 aromatic heterocycles. The van der Waals surface area contributed by atoms with Crippen molar-refractivity contribution in [1.29, 1.82) is 0 Å². The van der Waals surface area contributed by atoms with Gasteiger partial charge in [0.1, 0.15) is 0 Å². The smallest absolute Gasteiger partial charge is 0.252 e. The van der Waals surface area contributed by atoms with E-state index in [9.17, 15) is 4.79 Å². The molecule has 1 aromatic rings. The highest BCUT2D eigenvalue weighted by Gasteiger charge is 2.10. The summed E-state index contributed by atoms with van der Waals surface area (Å²) in [7, 11) is 0. The zero-order valence-electron chi connectivity index (χ0n) is 10.2. The minimum atomic E-state index is -0.138. The van der Waals surface area contributed by atoms with Crippen molar-refractivity contribution >= 4 is 33.4 Å². The molecule has 0 fully saturated rings. The van der Waals surface area contributed by atoms with E-state index >= 15 is 0 Å². The van der Waals surface area contributed by atoms with Crippen molar-refractivity contribution in [3.05, 3.63) is 33.3 Å². The molecule has 1 aromatic carbocycles. The third-order valence-corrected chi connectivity index (χ3v) is 3.57. The van der Waals surface area contributed by atoms with Gasteiger partial charge in [-0.2, -0.15) is 0 Å². The summed E-state index contributed by atoms with van der Waals surface area (Å²) in [5.41, 5.74) is 0.540. The van der Waals surface area contributed by atoms with E-state index in [1.165, 1.54) is 0 Å². The van der Waals surface area contributed by atoms with Crippen LogP contribution in [0.3, 0.4) is 0 Å². The molecule has 0 saturated heterocycles. The van der Waals surface area contributed by atoms with Gasteiger partial charge >= 0.3 is 0 Å². The summed E-state index contributed by atoms with van der Waals surface area (Å²) in [5.74, 6) is 0.140. The Hall–Kier alpha value is -0.580. The minimum Gasteiger partial charge on any atom is -0.396 e. The van der Waals surface area contributed by atoms with Gasteiger partial charge in [-0.15, -0.1) is 0 Å². The van der Waals surface area contributed by atoms with Gasteiger partial charge in [-0.3, -0.25) is 4.79 Å². The Kier molecular flexibility index (Phi) is 6.68. The average Bonchev–Trinajstić information content (AvgIpc) is 2.36. The Balaban J connectivity index is 2.43. The number of carbonyl (C=O) groups excluding carboxylic acids is 1. The highest BCUT2D eigenvalue weighted by molar-refractivity contribution is 9.10. The average molecular weight is 335 g/mol. The molecular formula is C13H17BrClNO2. The van der Waals surface area contributed by atoms with Crippen molar-refractivity contribution in [3.63, 3.8) is 0 Å². The van der Waals surface area contributed by atoms with Crippen molar-refractivity contribution < 1.29 is 9.90 Å². The predicted octanol–water partition coefficient (Wildman–Crippen LogP) is 3.24. The van der Waals surface area contributed by atoms with Crippen LogP contribution in [0, 0.1) is 5.92 Å². The highest BCUT2D eigenvalue weighted by atomic mass is 79.9. The number of halogens is 2. The van der Waals surface area contributed by atoms with Crippen molar-refractivity contribution in [2.75, 3.05) is 13.2 Å². The number of aliphatic hydroxyl groups excluding tert-OH is 1. The van der Waals surface area contributed by atoms with Crippen LogP contribution in [-0.2, 0) is 0 Å². The standard InChI is InChI=1S/C13H17BrClNO2/c1-9(8-17)3-2-6-16-13(18)11-7-10(15)4-5-12(11)14/h4-5,7,9,17H,2-3,6,8H2,1H3,(H,16,18). The van der Waals surface area contributed by atoms with E-state index in [1.54, 1.807) is 18.2 Å². The van der Waals surface area contributed by atoms with Crippen LogP contribution in [0.1, 0.15) is 30.1 Å². The largest absolute Gasteiger partial charge is 0.396 e. The molecule has 0 aliphatic heterocycles. The Bertz CT molecular complexity index is 412. The topological polar surface area (TPSA) is 49.3 Å². The summed E-state index contributed by atoms with van der Waals surface area (Å²) in [6.45, 7) is 2.77. The first-order valence-electron chi connectivity index (χ1n) is 5.88. The van der Waals surface area contributed by atoms with Crippen molar-refractivity contribution in [2.45, 2.75) is 19.8 Å². The van der Waals surface area contributed by atoms with Crippen LogP contribution in [0.5, 0.6) is 0 Å². The van der Waals surface area contributed by atoms with E-state index in [1.807, 2.05) is 6.92 Å². The predicted molar refractivity (Wildman–Crippen MR) is 77.0 cm³/mol. The zero-order chi connectivity index (χ0) is 13.5. The van der Waals surface area contributed by atoms with Crippen molar-refractivity contribution in [2.24, 2.45) is 5.92 Å². The number of rotatable bonds is 6. The summed E-state index contributed by atoms with van der Waals surface area (Å²) in [4.78, 5) is 11.9. The Labute approximate surface area is 121 Å². The lowest BCUT2D eigenvalue weighted by atomic mass is 10.1. The summed E-state index contributed by atoms with van der Waals surface area (Å²) < 4.78 is 0.730. The molecule has 5 heteroatoms. The first-order chi connectivity index (χ1) is 8.54. The second-order valence-corrected chi connectivity index (χ2v) is 5.60. The lowest BCUT2D eigenvalue weighted by Gasteiger charge is -2.09. The molecule has 0 bridgehead atoms. The fourth-order valence-electron chi connectivity index (χ4n) is 1.51. The molecule has 18 heavy (non-hydrogen) atoms. The summed E-state index contributed by atoms with van der Waals surface area (Å²) in [6, 6.07) is 5.12. The number of hydrogen-bond acceptors (Lipinski definition) is 2. The number of aliphatic hydroxyl groups is 1. The van der Waals surface area contributed by atoms with E-state index in [0.717, 1.165) is 17.3 Å². The molecule has 1 unspecified atom stereocenters. The van der Waals surface area contributed by atoms with Crippen molar-refractivity contribution in [1.82, 2.24) is 5.32 Å². The molecule has 0 aliphatic carbocycles. The minimum absolute atomic E-state index is 0.138. The molecule has 2 N–H and O–H groups in total. The van der Waals surface area contributed by atoms with Gasteiger partial charge in [-0.1, -0.05) is 18.5 Å². The molecule has 1 atom stereocenters. The van der Waals surface area contributed by atoms with Gasteiger partial charge < -0.3 is 10.4 Å². The molecule has 0 radical (unpaired) electrons. The first kappa shape index (κ1) is 15.5. The number of benzene rings is 1. The van der Waals surface area contributed by atoms with Gasteiger partial charge in [0, 0.05) is 22.6 Å². The molecule has 0 aliphatic rings. The van der Waals surface area contributed by atoms with Gasteiger partial charge in [0.25, 0.3) is 5.91 Å². The van der Waals surface area contributed by atoms with Crippen LogP contribution in [0.15, 0.2) is 22.7 Å². The normalized spacial score (nSPS) is 12.2. The molecule has 100 valence electrons. The van der Waals surface area contributed by atoms with Crippen LogP contribution in [0.4, 0.5) is 0 Å². The molecular weight excluding hydrogens is 318 g/mol.